The number of hydrazine groups is 1. The monoisotopic (exact) mass is 529 g/mol. The summed E-state index contributed by atoms with van der Waals surface area (Å²) in [4.78, 5) is 6.61. The third kappa shape index (κ3) is 8.92. The molecule has 2 aliphatic heterocycles. The number of anilines is 1. The molecule has 0 radical (unpaired) electrons. The molecule has 4 rings (SSSR count). The summed E-state index contributed by atoms with van der Waals surface area (Å²) >= 11 is 0. The van der Waals surface area contributed by atoms with Gasteiger partial charge in [0, 0.05) is 48.9 Å². The lowest BCUT2D eigenvalue weighted by atomic mass is 10.1. The Morgan fingerprint density at radius 2 is 1.97 bits per heavy atom. The fourth-order valence-electron chi connectivity index (χ4n) is 4.80. The quantitative estimate of drug-likeness (QED) is 0.352. The zero-order chi connectivity index (χ0) is 26.7. The molecule has 1 unspecified atom stereocenters. The van der Waals surface area contributed by atoms with E-state index < -0.39 is 11.6 Å². The predicted octanol–water partition coefficient (Wildman–Crippen LogP) is 4.59. The molecule has 0 aliphatic carbocycles. The van der Waals surface area contributed by atoms with Crippen LogP contribution in [0.25, 0.3) is 0 Å². The van der Waals surface area contributed by atoms with Crippen molar-refractivity contribution in [3.8, 4) is 5.75 Å². The van der Waals surface area contributed by atoms with E-state index in [1.807, 2.05) is 17.1 Å². The Morgan fingerprint density at radius 1 is 1.13 bits per heavy atom. The van der Waals surface area contributed by atoms with Crippen molar-refractivity contribution in [2.45, 2.75) is 45.8 Å². The largest absolute Gasteiger partial charge is 0.493 e. The SMILES string of the molecule is CC(C)NCC1CCN(c2ccc(OC[C@@H](CCCN3CN=CN3)COCc3ccc(F)cc3F)cc2)C1. The summed E-state index contributed by atoms with van der Waals surface area (Å²) in [7, 11) is 0. The molecular weight excluding hydrogens is 488 g/mol. The van der Waals surface area contributed by atoms with Gasteiger partial charge < -0.3 is 25.1 Å². The highest BCUT2D eigenvalue weighted by Gasteiger charge is 2.22. The summed E-state index contributed by atoms with van der Waals surface area (Å²) in [6, 6.07) is 12.4. The third-order valence-corrected chi connectivity index (χ3v) is 7.04. The number of benzene rings is 2. The first-order valence-electron chi connectivity index (χ1n) is 13.7. The molecule has 1 fully saturated rings. The lowest BCUT2D eigenvalue weighted by molar-refractivity contribution is 0.0608. The minimum Gasteiger partial charge on any atom is -0.493 e. The molecule has 2 N–H and O–H groups in total. The number of ether oxygens (including phenoxy) is 2. The Kier molecular flexibility index (Phi) is 10.7. The number of hydrogen-bond acceptors (Lipinski definition) is 7. The van der Waals surface area contributed by atoms with Crippen LogP contribution in [0.2, 0.25) is 0 Å². The van der Waals surface area contributed by atoms with Crippen molar-refractivity contribution < 1.29 is 18.3 Å². The van der Waals surface area contributed by atoms with Gasteiger partial charge in [0.1, 0.15) is 24.1 Å². The molecule has 0 aromatic heterocycles. The Morgan fingerprint density at radius 3 is 2.71 bits per heavy atom. The van der Waals surface area contributed by atoms with Crippen LogP contribution < -0.4 is 20.4 Å². The first-order chi connectivity index (χ1) is 18.5. The maximum Gasteiger partial charge on any atom is 0.131 e. The highest BCUT2D eigenvalue weighted by Crippen LogP contribution is 2.26. The van der Waals surface area contributed by atoms with Crippen LogP contribution in [0.4, 0.5) is 14.5 Å². The standard InChI is InChI=1S/C29H41F2N5O2/c1-22(2)33-15-23-11-13-35(16-23)27-7-9-28(10-8-27)38-18-24(4-3-12-36-21-32-20-34-36)17-37-19-25-5-6-26(30)14-29(25)31/h5-10,14,20,22-24,33H,3-4,11-13,15-19,21H2,1-2H3,(H,32,34)/t23?,24-/m0/s1. The van der Waals surface area contributed by atoms with E-state index in [2.05, 4.69) is 46.6 Å². The van der Waals surface area contributed by atoms with Gasteiger partial charge in [-0.15, -0.1) is 0 Å². The van der Waals surface area contributed by atoms with E-state index in [9.17, 15) is 8.78 Å². The van der Waals surface area contributed by atoms with E-state index in [0.717, 1.165) is 50.8 Å². The van der Waals surface area contributed by atoms with Crippen molar-refractivity contribution in [2.24, 2.45) is 16.8 Å². The topological polar surface area (TPSA) is 61.4 Å². The van der Waals surface area contributed by atoms with Gasteiger partial charge in [-0.25, -0.2) is 13.8 Å². The first kappa shape index (κ1) is 28.3. The summed E-state index contributed by atoms with van der Waals surface area (Å²) < 4.78 is 39.2. The molecule has 2 aliphatic rings. The maximum absolute atomic E-state index is 14.0. The van der Waals surface area contributed by atoms with Gasteiger partial charge in [0.05, 0.1) is 26.2 Å². The van der Waals surface area contributed by atoms with E-state index in [4.69, 9.17) is 9.47 Å². The average molecular weight is 530 g/mol. The zero-order valence-corrected chi connectivity index (χ0v) is 22.5. The summed E-state index contributed by atoms with van der Waals surface area (Å²) in [6.07, 6.45) is 4.75. The van der Waals surface area contributed by atoms with Gasteiger partial charge in [0.2, 0.25) is 0 Å². The second kappa shape index (κ2) is 14.4. The van der Waals surface area contributed by atoms with E-state index in [-0.39, 0.29) is 12.5 Å². The van der Waals surface area contributed by atoms with Crippen molar-refractivity contribution in [2.75, 3.05) is 51.0 Å². The third-order valence-electron chi connectivity index (χ3n) is 7.04. The van der Waals surface area contributed by atoms with Crippen molar-refractivity contribution in [1.29, 1.82) is 0 Å². The van der Waals surface area contributed by atoms with Crippen LogP contribution in [-0.2, 0) is 11.3 Å². The molecule has 9 heteroatoms. The molecule has 38 heavy (non-hydrogen) atoms. The number of nitrogens with zero attached hydrogens (tertiary/aromatic N) is 3. The van der Waals surface area contributed by atoms with Gasteiger partial charge in [0.15, 0.2) is 0 Å². The van der Waals surface area contributed by atoms with Crippen molar-refractivity contribution in [3.63, 3.8) is 0 Å². The fourth-order valence-corrected chi connectivity index (χ4v) is 4.80. The molecule has 0 saturated carbocycles. The normalized spacial score (nSPS) is 18.3. The minimum atomic E-state index is -0.587. The average Bonchev–Trinajstić information content (AvgIpc) is 3.60. The Hall–Kier alpha value is -2.75. The van der Waals surface area contributed by atoms with E-state index in [0.29, 0.717) is 37.4 Å². The number of halogens is 2. The van der Waals surface area contributed by atoms with Gasteiger partial charge in [0.25, 0.3) is 0 Å². The number of nitrogens with one attached hydrogen (secondary N) is 2. The van der Waals surface area contributed by atoms with Gasteiger partial charge >= 0.3 is 0 Å². The summed E-state index contributed by atoms with van der Waals surface area (Å²) in [5.74, 6) is 0.471. The van der Waals surface area contributed by atoms with Crippen LogP contribution in [0, 0.1) is 23.5 Å². The van der Waals surface area contributed by atoms with Crippen molar-refractivity contribution in [3.05, 3.63) is 59.7 Å². The lowest BCUT2D eigenvalue weighted by Crippen LogP contribution is -2.33. The predicted molar refractivity (Wildman–Crippen MR) is 147 cm³/mol. The second-order valence-electron chi connectivity index (χ2n) is 10.6. The summed E-state index contributed by atoms with van der Waals surface area (Å²) in [5.41, 5.74) is 4.68. The molecule has 0 amide bonds. The van der Waals surface area contributed by atoms with Crippen LogP contribution in [0.1, 0.15) is 38.7 Å². The van der Waals surface area contributed by atoms with Gasteiger partial charge in [-0.2, -0.15) is 0 Å². The molecule has 2 heterocycles. The first-order valence-corrected chi connectivity index (χ1v) is 13.7. The second-order valence-corrected chi connectivity index (χ2v) is 10.6. The zero-order valence-electron chi connectivity index (χ0n) is 22.5. The molecule has 1 saturated heterocycles. The molecule has 2 atom stereocenters. The minimum absolute atomic E-state index is 0.0996. The van der Waals surface area contributed by atoms with Crippen LogP contribution in [0.5, 0.6) is 5.75 Å². The van der Waals surface area contributed by atoms with E-state index in [1.165, 1.54) is 24.2 Å². The highest BCUT2D eigenvalue weighted by molar-refractivity contribution is 5.55. The smallest absolute Gasteiger partial charge is 0.131 e. The van der Waals surface area contributed by atoms with E-state index >= 15 is 0 Å². The van der Waals surface area contributed by atoms with Crippen LogP contribution in [-0.4, -0.2) is 63.5 Å². The van der Waals surface area contributed by atoms with Crippen LogP contribution >= 0.6 is 0 Å². The summed E-state index contributed by atoms with van der Waals surface area (Å²) in [6.45, 7) is 10.1. The number of aliphatic imine (C=N–C) groups is 1. The molecular formula is C29H41F2N5O2. The summed E-state index contributed by atoms with van der Waals surface area (Å²) in [5, 5.41) is 5.60. The Bertz CT molecular complexity index is 1010. The molecule has 0 bridgehead atoms. The van der Waals surface area contributed by atoms with Gasteiger partial charge in [-0.05, 0) is 62.1 Å². The molecule has 2 aromatic carbocycles. The maximum atomic E-state index is 14.0. The number of hydrogen-bond donors (Lipinski definition) is 2. The van der Waals surface area contributed by atoms with Crippen molar-refractivity contribution in [1.82, 2.24) is 15.8 Å². The van der Waals surface area contributed by atoms with Crippen LogP contribution in [0.3, 0.4) is 0 Å². The Balaban J connectivity index is 1.25. The molecule has 7 nitrogen and oxygen atoms in total. The van der Waals surface area contributed by atoms with Gasteiger partial charge in [-0.1, -0.05) is 19.9 Å². The molecule has 208 valence electrons. The number of rotatable bonds is 15. The van der Waals surface area contributed by atoms with Gasteiger partial charge in [-0.3, -0.25) is 4.99 Å². The lowest BCUT2D eigenvalue weighted by Gasteiger charge is -2.21. The van der Waals surface area contributed by atoms with Crippen molar-refractivity contribution >= 4 is 12.0 Å². The molecule has 0 spiro atoms. The van der Waals surface area contributed by atoms with Crippen LogP contribution in [0.15, 0.2) is 47.5 Å². The highest BCUT2D eigenvalue weighted by atomic mass is 19.1. The molecule has 2 aromatic rings. The fraction of sp³-hybridized carbons (Fsp3) is 0.552. The Labute approximate surface area is 225 Å². The van der Waals surface area contributed by atoms with E-state index in [1.54, 1.807) is 6.34 Å².